The van der Waals surface area contributed by atoms with Crippen LogP contribution in [0.25, 0.3) is 0 Å². The summed E-state index contributed by atoms with van der Waals surface area (Å²) < 4.78 is 0. The summed E-state index contributed by atoms with van der Waals surface area (Å²) in [5.74, 6) is 1.72. The van der Waals surface area contributed by atoms with Crippen LogP contribution in [0.2, 0.25) is 0 Å². The first-order valence-corrected chi connectivity index (χ1v) is 9.12. The minimum Gasteiger partial charge on any atom is -0.312 e. The Bertz CT molecular complexity index is 421. The van der Waals surface area contributed by atoms with Crippen LogP contribution in [0.15, 0.2) is 24.3 Å². The molecule has 1 aliphatic carbocycles. The van der Waals surface area contributed by atoms with Gasteiger partial charge in [0.2, 0.25) is 0 Å². The summed E-state index contributed by atoms with van der Waals surface area (Å²) in [5, 5.41) is 3.73. The minimum absolute atomic E-state index is 0.796. The van der Waals surface area contributed by atoms with E-state index in [1.165, 1.54) is 49.8 Å². The molecule has 2 rings (SSSR count). The topological polar surface area (TPSA) is 15.3 Å². The Morgan fingerprint density at radius 2 is 1.86 bits per heavy atom. The Morgan fingerprint density at radius 1 is 1.14 bits per heavy atom. The lowest BCUT2D eigenvalue weighted by Gasteiger charge is -2.32. The van der Waals surface area contributed by atoms with Crippen LogP contribution in [0.4, 0.5) is 0 Å². The van der Waals surface area contributed by atoms with Crippen LogP contribution >= 0.6 is 0 Å². The summed E-state index contributed by atoms with van der Waals surface area (Å²) in [6.07, 6.45) is 8.32. The lowest BCUT2D eigenvalue weighted by atomic mass is 9.79. The highest BCUT2D eigenvalue weighted by Crippen LogP contribution is 2.30. The van der Waals surface area contributed by atoms with Gasteiger partial charge in [0, 0.05) is 13.1 Å². The molecule has 0 unspecified atom stereocenters. The fourth-order valence-corrected chi connectivity index (χ4v) is 3.82. The Balaban J connectivity index is 1.84. The standard InChI is InChI=1S/C20H34N2/c1-4-17-9-8-10-18(13-17)14-21-15-20(16-22(2)3)19-11-6-5-7-12-19/h8-10,13,19-21H,4-7,11-12,14-16H2,1-3H3/t20-/m1/s1. The van der Waals surface area contributed by atoms with Crippen LogP contribution < -0.4 is 5.32 Å². The fraction of sp³-hybridized carbons (Fsp3) is 0.700. The molecule has 1 saturated carbocycles. The monoisotopic (exact) mass is 302 g/mol. The van der Waals surface area contributed by atoms with Crippen LogP contribution in [-0.4, -0.2) is 32.1 Å². The minimum atomic E-state index is 0.796. The van der Waals surface area contributed by atoms with E-state index in [4.69, 9.17) is 0 Å². The van der Waals surface area contributed by atoms with Gasteiger partial charge >= 0.3 is 0 Å². The molecule has 0 spiro atoms. The number of rotatable bonds is 8. The van der Waals surface area contributed by atoms with Crippen molar-refractivity contribution in [3.63, 3.8) is 0 Å². The van der Waals surface area contributed by atoms with Crippen LogP contribution in [0.5, 0.6) is 0 Å². The van der Waals surface area contributed by atoms with E-state index < -0.39 is 0 Å². The first-order chi connectivity index (χ1) is 10.7. The molecule has 0 heterocycles. The van der Waals surface area contributed by atoms with Crippen LogP contribution in [0.3, 0.4) is 0 Å². The van der Waals surface area contributed by atoms with Crippen molar-refractivity contribution in [1.29, 1.82) is 0 Å². The Kier molecular flexibility index (Phi) is 7.41. The molecule has 2 nitrogen and oxygen atoms in total. The molecule has 0 amide bonds. The zero-order valence-corrected chi connectivity index (χ0v) is 14.8. The largest absolute Gasteiger partial charge is 0.312 e. The van der Waals surface area contributed by atoms with Gasteiger partial charge in [-0.15, -0.1) is 0 Å². The summed E-state index contributed by atoms with van der Waals surface area (Å²) in [4.78, 5) is 2.36. The van der Waals surface area contributed by atoms with E-state index in [9.17, 15) is 0 Å². The molecule has 124 valence electrons. The van der Waals surface area contributed by atoms with Gasteiger partial charge in [0.25, 0.3) is 0 Å². The van der Waals surface area contributed by atoms with Crippen molar-refractivity contribution in [2.24, 2.45) is 11.8 Å². The van der Waals surface area contributed by atoms with E-state index in [2.05, 4.69) is 55.5 Å². The summed E-state index contributed by atoms with van der Waals surface area (Å²) in [5.41, 5.74) is 2.86. The predicted molar refractivity (Wildman–Crippen MR) is 96.1 cm³/mol. The van der Waals surface area contributed by atoms with Crippen molar-refractivity contribution in [2.45, 2.75) is 52.0 Å². The van der Waals surface area contributed by atoms with Crippen molar-refractivity contribution in [1.82, 2.24) is 10.2 Å². The second-order valence-corrected chi connectivity index (χ2v) is 7.22. The number of hydrogen-bond acceptors (Lipinski definition) is 2. The molecule has 1 aliphatic rings. The van der Waals surface area contributed by atoms with Gasteiger partial charge in [-0.1, -0.05) is 63.3 Å². The molecule has 2 heteroatoms. The lowest BCUT2D eigenvalue weighted by molar-refractivity contribution is 0.194. The highest BCUT2D eigenvalue weighted by Gasteiger charge is 2.23. The third kappa shape index (κ3) is 5.73. The molecule has 1 fully saturated rings. The van der Waals surface area contributed by atoms with Crippen molar-refractivity contribution >= 4 is 0 Å². The Morgan fingerprint density at radius 3 is 2.55 bits per heavy atom. The smallest absolute Gasteiger partial charge is 0.0205 e. The van der Waals surface area contributed by atoms with Gasteiger partial charge in [0.15, 0.2) is 0 Å². The average molecular weight is 303 g/mol. The molecule has 1 atom stereocenters. The van der Waals surface area contributed by atoms with Gasteiger partial charge in [-0.25, -0.2) is 0 Å². The molecule has 1 N–H and O–H groups in total. The maximum atomic E-state index is 3.73. The van der Waals surface area contributed by atoms with E-state index in [0.717, 1.165) is 31.3 Å². The first-order valence-electron chi connectivity index (χ1n) is 9.12. The number of benzene rings is 1. The second-order valence-electron chi connectivity index (χ2n) is 7.22. The van der Waals surface area contributed by atoms with E-state index in [1.54, 1.807) is 0 Å². The fourth-order valence-electron chi connectivity index (χ4n) is 3.82. The van der Waals surface area contributed by atoms with Crippen molar-refractivity contribution in [3.8, 4) is 0 Å². The Labute approximate surface area is 137 Å². The van der Waals surface area contributed by atoms with Gasteiger partial charge in [0.05, 0.1) is 0 Å². The van der Waals surface area contributed by atoms with E-state index in [-0.39, 0.29) is 0 Å². The molecular formula is C20H34N2. The van der Waals surface area contributed by atoms with Gasteiger partial charge in [0.1, 0.15) is 0 Å². The molecule has 1 aromatic rings. The molecule has 1 aromatic carbocycles. The van der Waals surface area contributed by atoms with Crippen LogP contribution in [-0.2, 0) is 13.0 Å². The Hall–Kier alpha value is -0.860. The number of nitrogens with zero attached hydrogens (tertiary/aromatic N) is 1. The van der Waals surface area contributed by atoms with Crippen LogP contribution in [0.1, 0.15) is 50.2 Å². The number of aryl methyl sites for hydroxylation is 1. The first kappa shape index (κ1) is 17.5. The molecule has 0 aromatic heterocycles. The summed E-state index contributed by atoms with van der Waals surface area (Å²) >= 11 is 0. The molecule has 0 radical (unpaired) electrons. The van der Waals surface area contributed by atoms with Gasteiger partial charge < -0.3 is 10.2 Å². The number of hydrogen-bond donors (Lipinski definition) is 1. The molecule has 22 heavy (non-hydrogen) atoms. The third-order valence-corrected chi connectivity index (χ3v) is 5.05. The molecular weight excluding hydrogens is 268 g/mol. The summed E-state index contributed by atoms with van der Waals surface area (Å²) in [6.45, 7) is 5.60. The zero-order chi connectivity index (χ0) is 15.8. The SMILES string of the molecule is CCc1cccc(CNC[C@H](CN(C)C)C2CCCCC2)c1. The van der Waals surface area contributed by atoms with Crippen molar-refractivity contribution in [2.75, 3.05) is 27.2 Å². The van der Waals surface area contributed by atoms with E-state index in [1.807, 2.05) is 0 Å². The highest BCUT2D eigenvalue weighted by molar-refractivity contribution is 5.23. The average Bonchev–Trinajstić information content (AvgIpc) is 2.54. The van der Waals surface area contributed by atoms with Crippen molar-refractivity contribution < 1.29 is 0 Å². The van der Waals surface area contributed by atoms with Crippen molar-refractivity contribution in [3.05, 3.63) is 35.4 Å². The summed E-state index contributed by atoms with van der Waals surface area (Å²) in [7, 11) is 4.42. The van der Waals surface area contributed by atoms with Crippen LogP contribution in [0, 0.1) is 11.8 Å². The molecule has 0 saturated heterocycles. The predicted octanol–water partition coefficient (Wildman–Crippen LogP) is 4.10. The lowest BCUT2D eigenvalue weighted by Crippen LogP contribution is -2.36. The maximum absolute atomic E-state index is 3.73. The van der Waals surface area contributed by atoms with Gasteiger partial charge in [-0.05, 0) is 50.0 Å². The van der Waals surface area contributed by atoms with Gasteiger partial charge in [-0.3, -0.25) is 0 Å². The quantitative estimate of drug-likeness (QED) is 0.778. The third-order valence-electron chi connectivity index (χ3n) is 5.05. The number of nitrogens with one attached hydrogen (secondary N) is 1. The molecule has 0 aliphatic heterocycles. The maximum Gasteiger partial charge on any atom is 0.0205 e. The summed E-state index contributed by atoms with van der Waals surface area (Å²) in [6, 6.07) is 9.00. The zero-order valence-electron chi connectivity index (χ0n) is 14.8. The van der Waals surface area contributed by atoms with E-state index in [0.29, 0.717) is 0 Å². The second kappa shape index (κ2) is 9.32. The molecule has 0 bridgehead atoms. The normalized spacial score (nSPS) is 17.8. The highest BCUT2D eigenvalue weighted by atomic mass is 15.1. The van der Waals surface area contributed by atoms with E-state index >= 15 is 0 Å². The van der Waals surface area contributed by atoms with Gasteiger partial charge in [-0.2, -0.15) is 0 Å².